The molecular weight excluding hydrogens is 400 g/mol. The molecule has 1 saturated heterocycles. The van der Waals surface area contributed by atoms with E-state index in [4.69, 9.17) is 5.73 Å². The number of nitrogens with two attached hydrogens (primary N) is 1. The zero-order valence-electron chi connectivity index (χ0n) is 19.0. The van der Waals surface area contributed by atoms with Gasteiger partial charge in [0.2, 0.25) is 11.8 Å². The summed E-state index contributed by atoms with van der Waals surface area (Å²) in [5.41, 5.74) is 8.89. The molecule has 6 heteroatoms. The van der Waals surface area contributed by atoms with Gasteiger partial charge in [-0.05, 0) is 43.4 Å². The molecule has 1 aliphatic heterocycles. The Labute approximate surface area is 190 Å². The molecule has 0 bridgehead atoms. The second kappa shape index (κ2) is 9.43. The van der Waals surface area contributed by atoms with E-state index in [0.717, 1.165) is 31.5 Å². The molecular formula is C26H34N4O2. The van der Waals surface area contributed by atoms with Crippen LogP contribution in [0.4, 0.5) is 0 Å². The van der Waals surface area contributed by atoms with Crippen LogP contribution in [0.2, 0.25) is 0 Å². The number of nitrogens with one attached hydrogen (secondary N) is 2. The van der Waals surface area contributed by atoms with Crippen molar-refractivity contribution in [2.45, 2.75) is 45.3 Å². The van der Waals surface area contributed by atoms with Crippen LogP contribution in [0.15, 0.2) is 54.6 Å². The first-order valence-electron chi connectivity index (χ1n) is 11.6. The first kappa shape index (κ1) is 22.5. The number of likely N-dealkylation sites (tertiary alicyclic amines) is 1. The quantitative estimate of drug-likeness (QED) is 0.652. The number of amides is 2. The Morgan fingerprint density at radius 3 is 2.56 bits per heavy atom. The fourth-order valence-corrected chi connectivity index (χ4v) is 5.57. The van der Waals surface area contributed by atoms with Gasteiger partial charge in [0.15, 0.2) is 0 Å². The molecule has 0 saturated carbocycles. The molecule has 2 aliphatic rings. The third-order valence-electron chi connectivity index (χ3n) is 6.94. The number of rotatable bonds is 6. The number of carbonyl (C=O) groups is 2. The van der Waals surface area contributed by atoms with Crippen LogP contribution in [0, 0.1) is 11.3 Å². The van der Waals surface area contributed by atoms with Gasteiger partial charge in [-0.2, -0.15) is 0 Å². The molecule has 170 valence electrons. The van der Waals surface area contributed by atoms with E-state index in [2.05, 4.69) is 39.8 Å². The highest BCUT2D eigenvalue weighted by molar-refractivity contribution is 5.82. The number of nitrogens with zero attached hydrogens (tertiary/aromatic N) is 1. The van der Waals surface area contributed by atoms with E-state index in [1.54, 1.807) is 0 Å². The van der Waals surface area contributed by atoms with Crippen molar-refractivity contribution in [2.75, 3.05) is 19.6 Å². The van der Waals surface area contributed by atoms with Gasteiger partial charge in [-0.15, -0.1) is 0 Å². The lowest BCUT2D eigenvalue weighted by Gasteiger charge is -2.46. The molecule has 3 atom stereocenters. The van der Waals surface area contributed by atoms with Crippen LogP contribution < -0.4 is 16.4 Å². The Balaban J connectivity index is 1.73. The average molecular weight is 435 g/mol. The summed E-state index contributed by atoms with van der Waals surface area (Å²) in [7, 11) is 0. The van der Waals surface area contributed by atoms with E-state index in [1.165, 1.54) is 11.1 Å². The zero-order chi connectivity index (χ0) is 22.7. The van der Waals surface area contributed by atoms with Crippen LogP contribution >= 0.6 is 0 Å². The molecule has 0 unspecified atom stereocenters. The second-order valence-electron chi connectivity index (χ2n) is 9.51. The molecule has 2 aromatic rings. The van der Waals surface area contributed by atoms with Gasteiger partial charge in [-0.25, -0.2) is 0 Å². The Morgan fingerprint density at radius 1 is 1.12 bits per heavy atom. The minimum absolute atomic E-state index is 0.0642. The van der Waals surface area contributed by atoms with E-state index in [9.17, 15) is 9.59 Å². The first-order valence-corrected chi connectivity index (χ1v) is 11.6. The van der Waals surface area contributed by atoms with Crippen LogP contribution in [-0.2, 0) is 22.6 Å². The molecule has 6 nitrogen and oxygen atoms in total. The number of hydrogen-bond acceptors (Lipinski definition) is 4. The third-order valence-corrected chi connectivity index (χ3v) is 6.94. The topological polar surface area (TPSA) is 87.5 Å². The van der Waals surface area contributed by atoms with E-state index < -0.39 is 0 Å². The molecule has 2 amide bonds. The first-order chi connectivity index (χ1) is 15.4. The average Bonchev–Trinajstić information content (AvgIpc) is 3.14. The lowest BCUT2D eigenvalue weighted by Crippen LogP contribution is -2.53. The van der Waals surface area contributed by atoms with Crippen molar-refractivity contribution in [3.63, 3.8) is 0 Å². The van der Waals surface area contributed by atoms with Gasteiger partial charge in [0, 0.05) is 31.1 Å². The minimum Gasteiger partial charge on any atom is -0.354 e. The molecule has 0 aromatic heterocycles. The normalized spacial score (nSPS) is 25.0. The summed E-state index contributed by atoms with van der Waals surface area (Å²) in [5.74, 6) is -0.331. The van der Waals surface area contributed by atoms with Crippen LogP contribution in [0.5, 0.6) is 0 Å². The van der Waals surface area contributed by atoms with E-state index in [1.807, 2.05) is 44.2 Å². The number of benzene rings is 2. The maximum Gasteiger partial charge on any atom is 0.234 e. The summed E-state index contributed by atoms with van der Waals surface area (Å²) >= 11 is 0. The van der Waals surface area contributed by atoms with Gasteiger partial charge in [0.25, 0.3) is 0 Å². The van der Waals surface area contributed by atoms with Crippen molar-refractivity contribution in [1.82, 2.24) is 15.5 Å². The van der Waals surface area contributed by atoms with Crippen LogP contribution in [0.25, 0.3) is 0 Å². The highest BCUT2D eigenvalue weighted by atomic mass is 16.2. The third kappa shape index (κ3) is 4.43. The molecule has 2 aromatic carbocycles. The van der Waals surface area contributed by atoms with Gasteiger partial charge in [-0.3, -0.25) is 14.5 Å². The molecule has 1 heterocycles. The number of aryl methyl sites for hydroxylation is 1. The zero-order valence-corrected chi connectivity index (χ0v) is 19.0. The standard InChI is InChI=1S/C26H34N4O2/c1-18(2)28-25(32)22-16-30(15-19-8-4-3-5-9-19)17-26(22)13-12-20-10-6-7-11-21(20)24(26)29-23(31)14-27/h3-11,18,22,24H,12-17,27H2,1-2H3,(H,28,32)(H,29,31)/t22-,24+,26+/m0/s1. The molecule has 4 N–H and O–H groups in total. The fraction of sp³-hybridized carbons (Fsp3) is 0.462. The van der Waals surface area contributed by atoms with Crippen molar-refractivity contribution in [2.24, 2.45) is 17.1 Å². The SMILES string of the molecule is CC(C)NC(=O)[C@@H]1CN(Cc2ccccc2)C[C@]12CCc1ccccc1[C@H]2NC(=O)CN. The Kier molecular flexibility index (Phi) is 6.63. The predicted octanol–water partition coefficient (Wildman–Crippen LogP) is 2.39. The van der Waals surface area contributed by atoms with Crippen molar-refractivity contribution in [3.05, 3.63) is 71.3 Å². The monoisotopic (exact) mass is 434 g/mol. The van der Waals surface area contributed by atoms with Gasteiger partial charge in [0.1, 0.15) is 0 Å². The Morgan fingerprint density at radius 2 is 1.84 bits per heavy atom. The molecule has 0 radical (unpaired) electrons. The second-order valence-corrected chi connectivity index (χ2v) is 9.51. The Bertz CT molecular complexity index is 961. The lowest BCUT2D eigenvalue weighted by molar-refractivity contribution is -0.131. The van der Waals surface area contributed by atoms with Crippen molar-refractivity contribution in [1.29, 1.82) is 0 Å². The number of fused-ring (bicyclic) bond motifs is 1. The summed E-state index contributed by atoms with van der Waals surface area (Å²) in [6.07, 6.45) is 1.75. The smallest absolute Gasteiger partial charge is 0.234 e. The summed E-state index contributed by atoms with van der Waals surface area (Å²) < 4.78 is 0. The molecule has 1 spiro atoms. The molecule has 1 aliphatic carbocycles. The number of hydrogen-bond donors (Lipinski definition) is 3. The van der Waals surface area contributed by atoms with Gasteiger partial charge in [0.05, 0.1) is 18.5 Å². The summed E-state index contributed by atoms with van der Waals surface area (Å²) in [5, 5.41) is 6.36. The minimum atomic E-state index is -0.382. The molecule has 4 rings (SSSR count). The van der Waals surface area contributed by atoms with Crippen LogP contribution in [0.1, 0.15) is 43.0 Å². The van der Waals surface area contributed by atoms with E-state index in [-0.39, 0.29) is 41.8 Å². The summed E-state index contributed by atoms with van der Waals surface area (Å²) in [6, 6.07) is 18.5. The maximum absolute atomic E-state index is 13.5. The van der Waals surface area contributed by atoms with Gasteiger partial charge >= 0.3 is 0 Å². The predicted molar refractivity (Wildman–Crippen MR) is 126 cm³/mol. The Hall–Kier alpha value is -2.70. The fourth-order valence-electron chi connectivity index (χ4n) is 5.57. The van der Waals surface area contributed by atoms with E-state index >= 15 is 0 Å². The summed E-state index contributed by atoms with van der Waals surface area (Å²) in [6.45, 7) is 6.13. The highest BCUT2D eigenvalue weighted by Crippen LogP contribution is 2.53. The van der Waals surface area contributed by atoms with Crippen molar-refractivity contribution < 1.29 is 9.59 Å². The van der Waals surface area contributed by atoms with Crippen LogP contribution in [0.3, 0.4) is 0 Å². The van der Waals surface area contributed by atoms with Crippen molar-refractivity contribution in [3.8, 4) is 0 Å². The summed E-state index contributed by atoms with van der Waals surface area (Å²) in [4.78, 5) is 28.3. The van der Waals surface area contributed by atoms with Gasteiger partial charge < -0.3 is 16.4 Å². The maximum atomic E-state index is 13.5. The highest BCUT2D eigenvalue weighted by Gasteiger charge is 2.56. The number of carbonyl (C=O) groups excluding carboxylic acids is 2. The largest absolute Gasteiger partial charge is 0.354 e. The van der Waals surface area contributed by atoms with Gasteiger partial charge in [-0.1, -0.05) is 54.6 Å². The van der Waals surface area contributed by atoms with Crippen molar-refractivity contribution >= 4 is 11.8 Å². The van der Waals surface area contributed by atoms with Crippen LogP contribution in [-0.4, -0.2) is 42.4 Å². The van der Waals surface area contributed by atoms with E-state index in [0.29, 0.717) is 6.54 Å². The lowest BCUT2D eigenvalue weighted by atomic mass is 9.62. The molecule has 32 heavy (non-hydrogen) atoms. The molecule has 1 fully saturated rings.